The highest BCUT2D eigenvalue weighted by Gasteiger charge is 2.15. The number of hydrogen-bond donors (Lipinski definition) is 1. The summed E-state index contributed by atoms with van der Waals surface area (Å²) < 4.78 is 0. The van der Waals surface area contributed by atoms with Gasteiger partial charge in [-0.25, -0.2) is 0 Å². The van der Waals surface area contributed by atoms with Gasteiger partial charge in [0.1, 0.15) is 0 Å². The molecular formula is C20H24N2O2. The van der Waals surface area contributed by atoms with Gasteiger partial charge in [-0.3, -0.25) is 9.59 Å². The Morgan fingerprint density at radius 1 is 1.04 bits per heavy atom. The van der Waals surface area contributed by atoms with Crippen LogP contribution in [0, 0.1) is 0 Å². The number of rotatable bonds is 6. The van der Waals surface area contributed by atoms with Crippen LogP contribution in [0.25, 0.3) is 0 Å². The molecule has 126 valence electrons. The van der Waals surface area contributed by atoms with E-state index in [9.17, 15) is 9.59 Å². The van der Waals surface area contributed by atoms with Crippen LogP contribution in [0.2, 0.25) is 0 Å². The zero-order chi connectivity index (χ0) is 17.5. The highest BCUT2D eigenvalue weighted by Crippen LogP contribution is 2.19. The third-order valence-corrected chi connectivity index (χ3v) is 4.14. The monoisotopic (exact) mass is 324 g/mol. The molecule has 0 saturated heterocycles. The number of hydrogen-bond acceptors (Lipinski definition) is 2. The molecule has 0 saturated carbocycles. The molecule has 2 aromatic carbocycles. The van der Waals surface area contributed by atoms with E-state index in [1.165, 1.54) is 5.56 Å². The molecule has 0 heterocycles. The molecule has 0 spiro atoms. The van der Waals surface area contributed by atoms with E-state index in [2.05, 4.69) is 24.4 Å². The number of nitrogens with zero attached hydrogens (tertiary/aromatic N) is 1. The van der Waals surface area contributed by atoms with Crippen LogP contribution in [0.3, 0.4) is 0 Å². The summed E-state index contributed by atoms with van der Waals surface area (Å²) in [5.74, 6) is 0.196. The van der Waals surface area contributed by atoms with E-state index >= 15 is 0 Å². The Bertz CT molecular complexity index is 681. The zero-order valence-electron chi connectivity index (χ0n) is 14.5. The van der Waals surface area contributed by atoms with Crippen molar-refractivity contribution in [2.75, 3.05) is 14.1 Å². The van der Waals surface area contributed by atoms with Crippen LogP contribution >= 0.6 is 0 Å². The number of carbonyl (C=O) groups is 2. The van der Waals surface area contributed by atoms with E-state index < -0.39 is 0 Å². The second-order valence-electron chi connectivity index (χ2n) is 6.04. The molecule has 0 radical (unpaired) electrons. The van der Waals surface area contributed by atoms with Gasteiger partial charge >= 0.3 is 0 Å². The average molecular weight is 324 g/mol. The summed E-state index contributed by atoms with van der Waals surface area (Å²) in [5.41, 5.74) is 2.80. The summed E-state index contributed by atoms with van der Waals surface area (Å²) in [6.07, 6.45) is 0.483. The van der Waals surface area contributed by atoms with Crippen molar-refractivity contribution in [2.45, 2.75) is 25.8 Å². The minimum atomic E-state index is -0.109. The van der Waals surface area contributed by atoms with E-state index in [4.69, 9.17) is 0 Å². The van der Waals surface area contributed by atoms with Crippen LogP contribution in [0.5, 0.6) is 0 Å². The number of amides is 2. The minimum Gasteiger partial charge on any atom is -0.355 e. The Morgan fingerprint density at radius 3 is 2.25 bits per heavy atom. The maximum atomic E-state index is 12.4. The van der Waals surface area contributed by atoms with Crippen molar-refractivity contribution in [1.29, 1.82) is 0 Å². The molecule has 0 fully saturated rings. The SMILES string of the molecule is CNC(=O)c1ccc(CN(C)C(=O)C[C@@H](C)c2ccccc2)cc1. The fourth-order valence-corrected chi connectivity index (χ4v) is 2.59. The van der Waals surface area contributed by atoms with Gasteiger partial charge in [0.2, 0.25) is 5.91 Å². The number of carbonyl (C=O) groups excluding carboxylic acids is 2. The van der Waals surface area contributed by atoms with Crippen LogP contribution in [0.4, 0.5) is 0 Å². The first kappa shape index (κ1) is 17.7. The van der Waals surface area contributed by atoms with E-state index in [-0.39, 0.29) is 17.7 Å². The van der Waals surface area contributed by atoms with Gasteiger partial charge in [-0.2, -0.15) is 0 Å². The quantitative estimate of drug-likeness (QED) is 0.887. The van der Waals surface area contributed by atoms with Crippen LogP contribution in [0.1, 0.15) is 40.7 Å². The largest absolute Gasteiger partial charge is 0.355 e. The summed E-state index contributed by atoms with van der Waals surface area (Å²) in [5, 5.41) is 2.59. The number of nitrogens with one attached hydrogen (secondary N) is 1. The minimum absolute atomic E-state index is 0.109. The Labute approximate surface area is 143 Å². The summed E-state index contributed by atoms with van der Waals surface area (Å²) in [4.78, 5) is 25.7. The molecular weight excluding hydrogens is 300 g/mol. The van der Waals surface area contributed by atoms with Crippen LogP contribution < -0.4 is 5.32 Å². The highest BCUT2D eigenvalue weighted by molar-refractivity contribution is 5.93. The average Bonchev–Trinajstić information content (AvgIpc) is 2.62. The molecule has 0 aromatic heterocycles. The van der Waals surface area contributed by atoms with E-state index in [1.807, 2.05) is 37.4 Å². The second kappa shape index (κ2) is 8.29. The first-order valence-electron chi connectivity index (χ1n) is 8.11. The van der Waals surface area contributed by atoms with Crippen molar-refractivity contribution >= 4 is 11.8 Å². The molecule has 1 N–H and O–H groups in total. The molecule has 24 heavy (non-hydrogen) atoms. The van der Waals surface area contributed by atoms with E-state index in [0.717, 1.165) is 5.56 Å². The van der Waals surface area contributed by atoms with Crippen molar-refractivity contribution < 1.29 is 9.59 Å². The van der Waals surface area contributed by atoms with Gasteiger partial charge in [-0.1, -0.05) is 49.4 Å². The van der Waals surface area contributed by atoms with Crippen LogP contribution in [0.15, 0.2) is 54.6 Å². The van der Waals surface area contributed by atoms with Gasteiger partial charge in [-0.15, -0.1) is 0 Å². The van der Waals surface area contributed by atoms with Gasteiger partial charge in [0.05, 0.1) is 0 Å². The lowest BCUT2D eigenvalue weighted by Gasteiger charge is -2.20. The second-order valence-corrected chi connectivity index (χ2v) is 6.04. The molecule has 0 aliphatic rings. The van der Waals surface area contributed by atoms with Crippen molar-refractivity contribution in [3.8, 4) is 0 Å². The van der Waals surface area contributed by atoms with Gasteiger partial charge in [0.25, 0.3) is 5.91 Å². The van der Waals surface area contributed by atoms with Crippen molar-refractivity contribution in [2.24, 2.45) is 0 Å². The van der Waals surface area contributed by atoms with Gasteiger partial charge in [-0.05, 0) is 29.2 Å². The van der Waals surface area contributed by atoms with Gasteiger partial charge < -0.3 is 10.2 Å². The summed E-state index contributed by atoms with van der Waals surface area (Å²) in [6.45, 7) is 2.60. The van der Waals surface area contributed by atoms with Crippen molar-refractivity contribution in [3.63, 3.8) is 0 Å². The summed E-state index contributed by atoms with van der Waals surface area (Å²) in [7, 11) is 3.42. The molecule has 0 aliphatic heterocycles. The molecule has 0 bridgehead atoms. The third kappa shape index (κ3) is 4.69. The Balaban J connectivity index is 1.92. The third-order valence-electron chi connectivity index (χ3n) is 4.14. The Hall–Kier alpha value is -2.62. The van der Waals surface area contributed by atoms with Crippen molar-refractivity contribution in [1.82, 2.24) is 10.2 Å². The van der Waals surface area contributed by atoms with Crippen LogP contribution in [-0.4, -0.2) is 30.8 Å². The zero-order valence-corrected chi connectivity index (χ0v) is 14.5. The molecule has 4 nitrogen and oxygen atoms in total. The first-order valence-corrected chi connectivity index (χ1v) is 8.11. The van der Waals surface area contributed by atoms with E-state index in [0.29, 0.717) is 18.5 Å². The van der Waals surface area contributed by atoms with Gasteiger partial charge in [0, 0.05) is 32.6 Å². The lowest BCUT2D eigenvalue weighted by atomic mass is 9.97. The number of benzene rings is 2. The lowest BCUT2D eigenvalue weighted by Crippen LogP contribution is -2.27. The lowest BCUT2D eigenvalue weighted by molar-refractivity contribution is -0.130. The van der Waals surface area contributed by atoms with Gasteiger partial charge in [0.15, 0.2) is 0 Å². The summed E-state index contributed by atoms with van der Waals surface area (Å²) in [6, 6.07) is 17.4. The Kier molecular flexibility index (Phi) is 6.13. The molecule has 4 heteroatoms. The first-order chi connectivity index (χ1) is 11.5. The predicted molar refractivity (Wildman–Crippen MR) is 95.8 cm³/mol. The predicted octanol–water partition coefficient (Wildman–Crippen LogP) is 3.20. The molecule has 0 aliphatic carbocycles. The molecule has 2 amide bonds. The summed E-state index contributed by atoms with van der Waals surface area (Å²) >= 11 is 0. The standard InChI is InChI=1S/C20H24N2O2/c1-15(17-7-5-4-6-8-17)13-19(23)22(3)14-16-9-11-18(12-10-16)20(24)21-2/h4-12,15H,13-14H2,1-3H3,(H,21,24)/t15-/m1/s1. The van der Waals surface area contributed by atoms with E-state index in [1.54, 1.807) is 24.1 Å². The fourth-order valence-electron chi connectivity index (χ4n) is 2.59. The molecule has 2 rings (SSSR count). The van der Waals surface area contributed by atoms with Crippen molar-refractivity contribution in [3.05, 3.63) is 71.3 Å². The Morgan fingerprint density at radius 2 is 1.67 bits per heavy atom. The molecule has 1 atom stereocenters. The smallest absolute Gasteiger partial charge is 0.251 e. The topological polar surface area (TPSA) is 49.4 Å². The molecule has 0 unspecified atom stereocenters. The maximum Gasteiger partial charge on any atom is 0.251 e. The van der Waals surface area contributed by atoms with Crippen LogP contribution in [-0.2, 0) is 11.3 Å². The maximum absolute atomic E-state index is 12.4. The molecule has 2 aromatic rings. The normalized spacial score (nSPS) is 11.6. The highest BCUT2D eigenvalue weighted by atomic mass is 16.2. The fraction of sp³-hybridized carbons (Fsp3) is 0.300.